The van der Waals surface area contributed by atoms with E-state index in [1.54, 1.807) is 48.6 Å². The number of nitrogens with zero attached hydrogens (tertiary/aromatic N) is 2. The molecule has 0 saturated carbocycles. The summed E-state index contributed by atoms with van der Waals surface area (Å²) in [7, 11) is -4.64. The maximum Gasteiger partial charge on any atom is 0.303 e. The Morgan fingerprint density at radius 1 is 0.408 bits per heavy atom. The molecule has 46 heteroatoms. The summed E-state index contributed by atoms with van der Waals surface area (Å²) >= 11 is -2.43. The van der Waals surface area contributed by atoms with Crippen LogP contribution in [-0.2, 0) is 123 Å². The van der Waals surface area contributed by atoms with Crippen molar-refractivity contribution < 1.29 is 159 Å². The lowest BCUT2D eigenvalue weighted by Crippen LogP contribution is -2.60. The van der Waals surface area contributed by atoms with Crippen molar-refractivity contribution in [1.29, 1.82) is 0 Å². The van der Waals surface area contributed by atoms with Crippen LogP contribution in [0, 0.1) is 0 Å². The highest BCUT2D eigenvalue weighted by molar-refractivity contribution is 7.85. The Morgan fingerprint density at radius 2 is 0.728 bits per heavy atom. The Morgan fingerprint density at radius 3 is 1.06 bits per heavy atom. The van der Waals surface area contributed by atoms with Gasteiger partial charge in [-0.2, -0.15) is 8.42 Å². The number of carbonyl (C=O) groups excluding carboxylic acids is 10. The lowest BCUT2D eigenvalue weighted by Gasteiger charge is -2.28. The Labute approximate surface area is 717 Å². The lowest BCUT2D eigenvalue weighted by atomic mass is 9.81. The number of amides is 9. The normalized spacial score (nSPS) is 15.8. The molecule has 2 heterocycles. The number of rotatable bonds is 57. The van der Waals surface area contributed by atoms with E-state index in [1.165, 1.54) is 24.3 Å². The van der Waals surface area contributed by atoms with Gasteiger partial charge in [0.2, 0.25) is 53.2 Å². The van der Waals surface area contributed by atoms with Crippen molar-refractivity contribution >= 4 is 151 Å². The average Bonchev–Trinajstić information content (AvgIpc) is 1.59. The minimum Gasteiger partial charge on any atom is -0.768 e. The van der Waals surface area contributed by atoms with E-state index < -0.39 is 315 Å². The van der Waals surface area contributed by atoms with Gasteiger partial charge in [-0.05, 0) is 148 Å². The first-order chi connectivity index (χ1) is 58.4. The first kappa shape index (κ1) is 104. The number of aliphatic carboxylic acids is 9. The summed E-state index contributed by atoms with van der Waals surface area (Å²) < 4.78 is 58.0. The van der Waals surface area contributed by atoms with Crippen LogP contribution >= 0.6 is 0 Å². The number of hydrogen-bond donors (Lipinski definition) is 19. The molecule has 0 aliphatic carbocycles. The van der Waals surface area contributed by atoms with E-state index in [2.05, 4.69) is 52.8 Å². The van der Waals surface area contributed by atoms with Crippen LogP contribution in [0.3, 0.4) is 0 Å². The van der Waals surface area contributed by atoms with Crippen LogP contribution in [0.25, 0.3) is 0 Å². The fourth-order valence-corrected chi connectivity index (χ4v) is 13.9. The molecule has 44 nitrogen and oxygen atoms in total. The highest BCUT2D eigenvalue weighted by Crippen LogP contribution is 2.49. The number of allylic oxidation sites excluding steroid dienone is 8. The molecule has 9 amide bonds. The SMILES string of the molecule is CC(=O)[C@@H](CCC(=O)O)NC(=O)[C@@H](CCC(=O)O)NC(=O)[C@@H](CCC(=O)O)NC(=O)[C@@H](CCC(=O)O)NC(=O)[C@@H](CCC(=O)O)NC(=O)[C@@H](CCC(=O)O)NC(=O)[C@@H](CCC(=O)O)NC(=O)[C@@H](CCC(=O)O)NC(=O)[C@@H](CCC(=O)O)NC(=O)CCCCCN1/C(=C/C=C/C=C/C=C/C2=Nc3ccc(S(=O)[O-])cc3C2(C)C)C(C)(C)c2cc(S(=O)(=O)O)ccc21. The fraction of sp³-hybridized carbons (Fsp3) is 0.494. The highest BCUT2D eigenvalue weighted by Gasteiger charge is 2.42. The third-order valence-corrected chi connectivity index (χ3v) is 21.3. The third kappa shape index (κ3) is 35.1. The zero-order valence-corrected chi connectivity index (χ0v) is 70.2. The Hall–Kier alpha value is -13.0. The summed E-state index contributed by atoms with van der Waals surface area (Å²) in [6.45, 7) is 8.78. The second-order valence-electron chi connectivity index (χ2n) is 30.1. The number of anilines is 1. The molecule has 1 unspecified atom stereocenters. The van der Waals surface area contributed by atoms with Gasteiger partial charge in [-0.3, -0.25) is 105 Å². The molecule has 2 aliphatic heterocycles. The number of ketones is 1. The zero-order chi connectivity index (χ0) is 94.0. The van der Waals surface area contributed by atoms with Crippen molar-refractivity contribution in [2.45, 2.75) is 251 Å². The number of hydrogen-bond acceptors (Lipinski definition) is 25. The maximum atomic E-state index is 14.3. The molecule has 4 rings (SSSR count). The number of benzene rings is 2. The van der Waals surface area contributed by atoms with E-state index in [1.807, 2.05) is 38.7 Å². The van der Waals surface area contributed by atoms with Gasteiger partial charge in [-0.15, -0.1) is 0 Å². The van der Waals surface area contributed by atoms with Crippen molar-refractivity contribution in [2.75, 3.05) is 11.4 Å². The molecule has 684 valence electrons. The van der Waals surface area contributed by atoms with E-state index in [0.29, 0.717) is 41.2 Å². The molecule has 0 fully saturated rings. The van der Waals surface area contributed by atoms with Crippen LogP contribution in [0.2, 0.25) is 0 Å². The summed E-state index contributed by atoms with van der Waals surface area (Å²) in [6.07, 6.45) is -2.47. The topological polar surface area (TPSA) is 725 Å². The molecule has 0 bridgehead atoms. The summed E-state index contributed by atoms with van der Waals surface area (Å²) in [6, 6.07) is -9.05. The van der Waals surface area contributed by atoms with Gasteiger partial charge in [-0.25, -0.2) is 0 Å². The minimum atomic E-state index is -4.64. The van der Waals surface area contributed by atoms with Crippen LogP contribution < -0.4 is 52.8 Å². The second kappa shape index (κ2) is 49.3. The highest BCUT2D eigenvalue weighted by atomic mass is 32.2. The van der Waals surface area contributed by atoms with Gasteiger partial charge in [0, 0.05) is 97.9 Å². The molecule has 0 saturated heterocycles. The first-order valence-electron chi connectivity index (χ1n) is 39.1. The van der Waals surface area contributed by atoms with Gasteiger partial charge in [0.15, 0.2) is 5.78 Å². The average molecular weight is 1800 g/mol. The number of aliphatic imine (C=N–C) groups is 1. The van der Waals surface area contributed by atoms with Crippen molar-refractivity contribution in [3.8, 4) is 0 Å². The van der Waals surface area contributed by atoms with Crippen molar-refractivity contribution in [1.82, 2.24) is 47.9 Å². The number of carbonyl (C=O) groups is 19. The van der Waals surface area contributed by atoms with Crippen molar-refractivity contribution in [3.05, 3.63) is 95.8 Å². The molecule has 10 atom stereocenters. The van der Waals surface area contributed by atoms with Gasteiger partial charge in [-0.1, -0.05) is 64.5 Å². The van der Waals surface area contributed by atoms with Crippen LogP contribution in [0.1, 0.15) is 187 Å². The first-order valence-corrected chi connectivity index (χ1v) is 41.6. The van der Waals surface area contributed by atoms with Gasteiger partial charge >= 0.3 is 53.7 Å². The van der Waals surface area contributed by atoms with E-state index >= 15 is 0 Å². The van der Waals surface area contributed by atoms with Crippen LogP contribution in [0.15, 0.2) is 99.4 Å². The number of carboxylic acids is 9. The number of fused-ring (bicyclic) bond motifs is 2. The monoisotopic (exact) mass is 1800 g/mol. The third-order valence-electron chi connectivity index (χ3n) is 19.8. The van der Waals surface area contributed by atoms with Crippen molar-refractivity contribution in [2.24, 2.45) is 4.99 Å². The van der Waals surface area contributed by atoms with Gasteiger partial charge < -0.3 is 103 Å². The van der Waals surface area contributed by atoms with Crippen LogP contribution in [0.5, 0.6) is 0 Å². The standard InChI is InChI=1S/C79H103N11O33S2/c1-42(91)47(20-30-61(93)94)82-71(112)50(22-32-63(97)98)84-73(114)52(24-34-65(101)102)86-75(116)54(26-36-67(105)106)88-77(118)56(28-38-69(109)110)89-76(117)55(27-37-68(107)108)87-74(115)53(25-35-66(103)104)85-72(113)51(23-33-64(99)100)83-70(111)49(21-31-62(95)96)81-60(92)16-12-9-13-39-90-57-29-18-44(125(121,122)123)41-46(57)79(4,5)59(90)15-11-8-6-7-10-14-58-78(2,3)45-40-43(124(119)120)17-19-48(45)80-58/h6-8,10-11,14-15,17-19,29,40-41,47,49-56H,9,12-13,16,20-28,30-39H2,1-5H3,(H,81,92)(H,82,112)(H,83,111)(H,84,114)(H,85,113)(H,86,116)(H,87,115)(H,88,118)(H,89,117)(H,93,94)(H,95,96)(H,97,98)(H,99,100)(H,101,102)(H,103,104)(H,105,106)(H,107,108)(H,109,110)(H,119,120)(H,121,122,123)/p-1/b7-6+,11-8+,14-10+,59-15+/t47-,49-,50-,51-,52-,53-,54-,55-,56-/m1/s1. The molecular weight excluding hydrogens is 1700 g/mol. The quantitative estimate of drug-likeness (QED) is 0.0191. The van der Waals surface area contributed by atoms with Gasteiger partial charge in [0.25, 0.3) is 10.1 Å². The number of carboxylic acid groups (broad SMARTS) is 9. The van der Waals surface area contributed by atoms with Crippen LogP contribution in [0.4, 0.5) is 11.4 Å². The van der Waals surface area contributed by atoms with Crippen molar-refractivity contribution in [3.63, 3.8) is 0 Å². The predicted octanol–water partition coefficient (Wildman–Crippen LogP) is 1.18. The number of Topliss-reactive ketones (excluding diaryl/α,β-unsaturated/α-hetero) is 1. The summed E-state index contributed by atoms with van der Waals surface area (Å²) in [5.74, 6) is -27.1. The van der Waals surface area contributed by atoms with Gasteiger partial charge in [0.05, 0.1) is 22.3 Å². The van der Waals surface area contributed by atoms with E-state index in [-0.39, 0.29) is 29.2 Å². The molecular formula is C79H102N11O33S2-. The lowest BCUT2D eigenvalue weighted by molar-refractivity contribution is -0.141. The minimum absolute atomic E-state index is 0.132. The molecule has 125 heavy (non-hydrogen) atoms. The Balaban J connectivity index is 1.56. The molecule has 2 aromatic carbocycles. The van der Waals surface area contributed by atoms with Crippen LogP contribution in [-0.4, -0.2) is 247 Å². The predicted molar refractivity (Wildman–Crippen MR) is 434 cm³/mol. The summed E-state index contributed by atoms with van der Waals surface area (Å²) in [4.78, 5) is 252. The molecule has 0 spiro atoms. The largest absolute Gasteiger partial charge is 0.768 e. The molecule has 19 N–H and O–H groups in total. The fourth-order valence-electron chi connectivity index (χ4n) is 13.0. The summed E-state index contributed by atoms with van der Waals surface area (Å²) in [5, 5.41) is 106. The number of nitrogens with one attached hydrogen (secondary N) is 9. The molecule has 2 aromatic rings. The molecule has 0 aromatic heterocycles. The molecule has 2 aliphatic rings. The molecule has 0 radical (unpaired) electrons. The second-order valence-corrected chi connectivity index (χ2v) is 32.4. The number of unbranched alkanes of at least 4 members (excludes halogenated alkanes) is 2. The maximum absolute atomic E-state index is 14.3. The van der Waals surface area contributed by atoms with Gasteiger partial charge in [0.1, 0.15) is 48.3 Å². The Bertz CT molecular complexity index is 4730. The van der Waals surface area contributed by atoms with E-state index in [4.69, 9.17) is 5.11 Å². The van der Waals surface area contributed by atoms with E-state index in [0.717, 1.165) is 12.5 Å². The smallest absolute Gasteiger partial charge is 0.303 e. The zero-order valence-electron chi connectivity index (χ0n) is 68.5. The van der Waals surface area contributed by atoms with E-state index in [9.17, 15) is 154 Å². The Kier molecular flexibility index (Phi) is 41.2. The summed E-state index contributed by atoms with van der Waals surface area (Å²) in [5.41, 5.74) is 2.47.